The number of rotatable bonds is 6. The minimum Gasteiger partial charge on any atom is -0.349 e. The van der Waals surface area contributed by atoms with Gasteiger partial charge in [0.25, 0.3) is 0 Å². The summed E-state index contributed by atoms with van der Waals surface area (Å²) >= 11 is 13.2. The largest absolute Gasteiger partial charge is 0.349 e. The molecule has 3 aromatic rings. The number of nitrogens with zero attached hydrogens (tertiary/aromatic N) is 2. The summed E-state index contributed by atoms with van der Waals surface area (Å²) in [6.45, 7) is 1.89. The Bertz CT molecular complexity index is 901. The molecule has 0 saturated carbocycles. The van der Waals surface area contributed by atoms with Crippen LogP contribution in [0.2, 0.25) is 10.0 Å². The fraction of sp³-hybridized carbons (Fsp3) is 0.167. The number of aromatic nitrogens is 3. The van der Waals surface area contributed by atoms with E-state index in [1.807, 2.05) is 43.3 Å². The third kappa shape index (κ3) is 4.78. The van der Waals surface area contributed by atoms with Gasteiger partial charge in [0.05, 0.1) is 21.8 Å². The van der Waals surface area contributed by atoms with Gasteiger partial charge in [-0.2, -0.15) is 0 Å². The molecule has 26 heavy (non-hydrogen) atoms. The number of hydrogen-bond donors (Lipinski definition) is 2. The van der Waals surface area contributed by atoms with E-state index >= 15 is 0 Å². The lowest BCUT2D eigenvalue weighted by Crippen LogP contribution is -2.28. The maximum absolute atomic E-state index is 12.2. The molecule has 0 aliphatic carbocycles. The van der Waals surface area contributed by atoms with Gasteiger partial charge in [-0.3, -0.25) is 9.89 Å². The molecule has 0 fully saturated rings. The first kappa shape index (κ1) is 18.8. The van der Waals surface area contributed by atoms with Crippen molar-refractivity contribution in [3.8, 4) is 11.4 Å². The van der Waals surface area contributed by atoms with Crippen molar-refractivity contribution in [1.29, 1.82) is 0 Å². The molecular formula is C18H16Cl2N4OS. The molecule has 3 rings (SSSR count). The smallest absolute Gasteiger partial charge is 0.230 e. The van der Waals surface area contributed by atoms with Crippen LogP contribution < -0.4 is 5.32 Å². The zero-order valence-corrected chi connectivity index (χ0v) is 16.2. The molecule has 0 bridgehead atoms. The van der Waals surface area contributed by atoms with Crippen molar-refractivity contribution in [2.45, 2.75) is 18.1 Å². The predicted octanol–water partition coefficient (Wildman–Crippen LogP) is 4.75. The minimum atomic E-state index is -0.176. The number of H-pyrrole nitrogens is 1. The Kier molecular flexibility index (Phi) is 6.19. The third-order valence-electron chi connectivity index (χ3n) is 3.67. The Morgan fingerprint density at radius 2 is 1.96 bits per heavy atom. The SMILES string of the molecule is C[C@@H](NC(=O)CSc1n[nH]c(-c2ccccc2)n1)c1ccc(Cl)c(Cl)c1. The molecule has 2 N–H and O–H groups in total. The van der Waals surface area contributed by atoms with Crippen LogP contribution in [0, 0.1) is 0 Å². The molecule has 1 atom stereocenters. The quantitative estimate of drug-likeness (QED) is 0.579. The monoisotopic (exact) mass is 406 g/mol. The number of carbonyl (C=O) groups excluding carboxylic acids is 1. The molecule has 1 aromatic heterocycles. The van der Waals surface area contributed by atoms with Crippen molar-refractivity contribution < 1.29 is 4.79 Å². The minimum absolute atomic E-state index is 0.111. The average molecular weight is 407 g/mol. The van der Waals surface area contributed by atoms with Crippen molar-refractivity contribution >= 4 is 40.9 Å². The van der Waals surface area contributed by atoms with Crippen LogP contribution in [0.5, 0.6) is 0 Å². The Labute approximate surface area is 165 Å². The van der Waals surface area contributed by atoms with Crippen LogP contribution in [-0.2, 0) is 4.79 Å². The Hall–Kier alpha value is -2.02. The molecule has 8 heteroatoms. The van der Waals surface area contributed by atoms with E-state index in [0.717, 1.165) is 11.1 Å². The Balaban J connectivity index is 1.54. The molecule has 2 aromatic carbocycles. The standard InChI is InChI=1S/C18H16Cl2N4OS/c1-11(13-7-8-14(19)15(20)9-13)21-16(25)10-26-18-22-17(23-24-18)12-5-3-2-4-6-12/h2-9,11H,10H2,1H3,(H,21,25)(H,22,23,24)/t11-/m1/s1. The second-order valence-corrected chi connectivity index (χ2v) is 7.34. The molecule has 1 heterocycles. The summed E-state index contributed by atoms with van der Waals surface area (Å²) < 4.78 is 0. The van der Waals surface area contributed by atoms with Crippen molar-refractivity contribution in [1.82, 2.24) is 20.5 Å². The van der Waals surface area contributed by atoms with Crippen molar-refractivity contribution in [2.24, 2.45) is 0 Å². The van der Waals surface area contributed by atoms with Gasteiger partial charge in [0.15, 0.2) is 5.82 Å². The number of benzene rings is 2. The number of thioether (sulfide) groups is 1. The van der Waals surface area contributed by atoms with E-state index in [1.54, 1.807) is 12.1 Å². The van der Waals surface area contributed by atoms with E-state index in [0.29, 0.717) is 21.0 Å². The summed E-state index contributed by atoms with van der Waals surface area (Å²) in [5.41, 5.74) is 1.84. The van der Waals surface area contributed by atoms with E-state index in [4.69, 9.17) is 23.2 Å². The van der Waals surface area contributed by atoms with Crippen molar-refractivity contribution in [3.63, 3.8) is 0 Å². The fourth-order valence-electron chi connectivity index (χ4n) is 2.31. The van der Waals surface area contributed by atoms with E-state index in [-0.39, 0.29) is 17.7 Å². The predicted molar refractivity (Wildman–Crippen MR) is 106 cm³/mol. The summed E-state index contributed by atoms with van der Waals surface area (Å²) in [5, 5.41) is 11.4. The van der Waals surface area contributed by atoms with Crippen LogP contribution in [0.3, 0.4) is 0 Å². The molecule has 0 radical (unpaired) electrons. The van der Waals surface area contributed by atoms with Crippen molar-refractivity contribution in [2.75, 3.05) is 5.75 Å². The van der Waals surface area contributed by atoms with E-state index < -0.39 is 0 Å². The summed E-state index contributed by atoms with van der Waals surface area (Å²) in [4.78, 5) is 16.6. The lowest BCUT2D eigenvalue weighted by molar-refractivity contribution is -0.119. The van der Waals surface area contributed by atoms with Gasteiger partial charge < -0.3 is 5.32 Å². The first-order valence-corrected chi connectivity index (χ1v) is 9.62. The summed E-state index contributed by atoms with van der Waals surface area (Å²) in [5.74, 6) is 0.787. The van der Waals surface area contributed by atoms with Crippen LogP contribution >= 0.6 is 35.0 Å². The summed E-state index contributed by atoms with van der Waals surface area (Å²) in [6, 6.07) is 14.8. The number of halogens is 2. The zero-order chi connectivity index (χ0) is 18.5. The molecule has 0 saturated heterocycles. The zero-order valence-electron chi connectivity index (χ0n) is 13.9. The molecule has 5 nitrogen and oxygen atoms in total. The molecular weight excluding hydrogens is 391 g/mol. The van der Waals surface area contributed by atoms with Crippen LogP contribution in [0.4, 0.5) is 0 Å². The molecule has 0 spiro atoms. The van der Waals surface area contributed by atoms with E-state index in [2.05, 4.69) is 20.5 Å². The lowest BCUT2D eigenvalue weighted by Gasteiger charge is -2.14. The maximum Gasteiger partial charge on any atom is 0.230 e. The van der Waals surface area contributed by atoms with Gasteiger partial charge in [0.2, 0.25) is 11.1 Å². The van der Waals surface area contributed by atoms with Crippen molar-refractivity contribution in [3.05, 3.63) is 64.1 Å². The van der Waals surface area contributed by atoms with E-state index in [9.17, 15) is 4.79 Å². The highest BCUT2D eigenvalue weighted by Crippen LogP contribution is 2.25. The first-order chi connectivity index (χ1) is 12.5. The van der Waals surface area contributed by atoms with Gasteiger partial charge >= 0.3 is 0 Å². The number of amides is 1. The van der Waals surface area contributed by atoms with E-state index in [1.165, 1.54) is 11.8 Å². The van der Waals surface area contributed by atoms with Crippen LogP contribution in [0.1, 0.15) is 18.5 Å². The Morgan fingerprint density at radius 3 is 2.69 bits per heavy atom. The molecule has 0 unspecified atom stereocenters. The lowest BCUT2D eigenvalue weighted by atomic mass is 10.1. The highest BCUT2D eigenvalue weighted by Gasteiger charge is 2.13. The molecule has 0 aliphatic heterocycles. The third-order valence-corrected chi connectivity index (χ3v) is 5.25. The van der Waals surface area contributed by atoms with Crippen LogP contribution in [0.25, 0.3) is 11.4 Å². The topological polar surface area (TPSA) is 70.7 Å². The van der Waals surface area contributed by atoms with Crippen LogP contribution in [0.15, 0.2) is 53.7 Å². The fourth-order valence-corrected chi connectivity index (χ4v) is 3.23. The number of hydrogen-bond acceptors (Lipinski definition) is 4. The highest BCUT2D eigenvalue weighted by molar-refractivity contribution is 7.99. The summed E-state index contributed by atoms with van der Waals surface area (Å²) in [6.07, 6.45) is 0. The van der Waals surface area contributed by atoms with Gasteiger partial charge in [-0.15, -0.1) is 5.10 Å². The summed E-state index contributed by atoms with van der Waals surface area (Å²) in [7, 11) is 0. The Morgan fingerprint density at radius 1 is 1.19 bits per heavy atom. The maximum atomic E-state index is 12.2. The second-order valence-electron chi connectivity index (χ2n) is 5.58. The number of nitrogens with one attached hydrogen (secondary N) is 2. The van der Waals surface area contributed by atoms with Crippen LogP contribution in [-0.4, -0.2) is 26.8 Å². The number of carbonyl (C=O) groups is 1. The van der Waals surface area contributed by atoms with Gasteiger partial charge in [0, 0.05) is 5.56 Å². The normalized spacial score (nSPS) is 12.0. The van der Waals surface area contributed by atoms with Gasteiger partial charge in [-0.1, -0.05) is 71.4 Å². The molecule has 134 valence electrons. The number of aromatic amines is 1. The molecule has 0 aliphatic rings. The molecule has 1 amide bonds. The highest BCUT2D eigenvalue weighted by atomic mass is 35.5. The van der Waals surface area contributed by atoms with Gasteiger partial charge in [-0.05, 0) is 24.6 Å². The first-order valence-electron chi connectivity index (χ1n) is 7.88. The van der Waals surface area contributed by atoms with Gasteiger partial charge in [0.1, 0.15) is 0 Å². The second kappa shape index (κ2) is 8.58. The van der Waals surface area contributed by atoms with Gasteiger partial charge in [-0.25, -0.2) is 4.98 Å². The average Bonchev–Trinajstić information content (AvgIpc) is 3.12.